The van der Waals surface area contributed by atoms with Crippen LogP contribution in [0.15, 0.2) is 65.4 Å². The van der Waals surface area contributed by atoms with Crippen molar-refractivity contribution in [2.75, 3.05) is 0 Å². The molecule has 3 rings (SSSR count). The molecule has 26 heavy (non-hydrogen) atoms. The molecule has 0 bridgehead atoms. The SMILES string of the molecule is O=C(c1ccc(Cl)c([N+](=O)[O-])c1)N(Cc1ccccn1)Cc1ccco1. The lowest BCUT2D eigenvalue weighted by molar-refractivity contribution is -0.384. The summed E-state index contributed by atoms with van der Waals surface area (Å²) in [5, 5.41) is 11.1. The summed E-state index contributed by atoms with van der Waals surface area (Å²) in [6.45, 7) is 0.440. The standard InChI is InChI=1S/C18H14ClN3O4/c19-16-7-6-13(10-17(16)22(24)25)18(23)21(12-15-5-3-9-26-15)11-14-4-1-2-8-20-14/h1-10H,11-12H2. The van der Waals surface area contributed by atoms with Crippen LogP contribution in [-0.2, 0) is 13.1 Å². The quantitative estimate of drug-likeness (QED) is 0.481. The van der Waals surface area contributed by atoms with Gasteiger partial charge >= 0.3 is 0 Å². The van der Waals surface area contributed by atoms with E-state index in [4.69, 9.17) is 16.0 Å². The predicted molar refractivity (Wildman–Crippen MR) is 94.6 cm³/mol. The summed E-state index contributed by atoms with van der Waals surface area (Å²) in [5.74, 6) is 0.213. The molecule has 0 atom stereocenters. The summed E-state index contributed by atoms with van der Waals surface area (Å²) in [4.78, 5) is 29.2. The number of nitro groups is 1. The minimum absolute atomic E-state index is 0.0196. The van der Waals surface area contributed by atoms with Gasteiger partial charge in [-0.15, -0.1) is 0 Å². The maximum Gasteiger partial charge on any atom is 0.288 e. The number of pyridine rings is 1. The van der Waals surface area contributed by atoms with Gasteiger partial charge in [0, 0.05) is 17.8 Å². The molecule has 1 aromatic carbocycles. The first-order valence-electron chi connectivity index (χ1n) is 7.70. The Morgan fingerprint density at radius 3 is 2.69 bits per heavy atom. The van der Waals surface area contributed by atoms with Crippen LogP contribution in [0.3, 0.4) is 0 Å². The number of rotatable bonds is 6. The molecule has 0 aliphatic carbocycles. The maximum absolute atomic E-state index is 13.0. The van der Waals surface area contributed by atoms with Crippen LogP contribution in [-0.4, -0.2) is 20.7 Å². The highest BCUT2D eigenvalue weighted by Crippen LogP contribution is 2.26. The van der Waals surface area contributed by atoms with Gasteiger partial charge in [-0.1, -0.05) is 17.7 Å². The molecule has 0 saturated carbocycles. The van der Waals surface area contributed by atoms with E-state index in [1.807, 2.05) is 6.07 Å². The number of hydrogen-bond donors (Lipinski definition) is 0. The Morgan fingerprint density at radius 2 is 2.04 bits per heavy atom. The zero-order valence-corrected chi connectivity index (χ0v) is 14.3. The first-order valence-corrected chi connectivity index (χ1v) is 8.08. The van der Waals surface area contributed by atoms with Gasteiger partial charge in [-0.05, 0) is 36.4 Å². The van der Waals surface area contributed by atoms with Gasteiger partial charge in [0.15, 0.2) is 0 Å². The molecule has 0 radical (unpaired) electrons. The number of aromatic nitrogens is 1. The molecule has 7 nitrogen and oxygen atoms in total. The maximum atomic E-state index is 13.0. The van der Waals surface area contributed by atoms with Crippen molar-refractivity contribution in [1.82, 2.24) is 9.88 Å². The van der Waals surface area contributed by atoms with Gasteiger partial charge in [-0.25, -0.2) is 0 Å². The molecule has 0 aliphatic heterocycles. The van der Waals surface area contributed by atoms with E-state index >= 15 is 0 Å². The number of halogens is 1. The molecule has 132 valence electrons. The second kappa shape index (κ2) is 7.79. The zero-order valence-electron chi connectivity index (χ0n) is 13.5. The molecule has 2 heterocycles. The molecule has 0 aliphatic rings. The van der Waals surface area contributed by atoms with Crippen molar-refractivity contribution in [3.05, 3.63) is 93.1 Å². The van der Waals surface area contributed by atoms with E-state index in [-0.39, 0.29) is 35.3 Å². The molecule has 3 aromatic rings. The number of carbonyl (C=O) groups excluding carboxylic acids is 1. The molecule has 0 unspecified atom stereocenters. The van der Waals surface area contributed by atoms with Crippen molar-refractivity contribution in [1.29, 1.82) is 0 Å². The number of amides is 1. The number of carbonyl (C=O) groups is 1. The largest absolute Gasteiger partial charge is 0.467 e. The summed E-state index contributed by atoms with van der Waals surface area (Å²) < 4.78 is 5.33. The third kappa shape index (κ3) is 4.07. The number of hydrogen-bond acceptors (Lipinski definition) is 5. The van der Waals surface area contributed by atoms with E-state index < -0.39 is 4.92 Å². The minimum Gasteiger partial charge on any atom is -0.467 e. The summed E-state index contributed by atoms with van der Waals surface area (Å²) in [5.41, 5.74) is 0.549. The van der Waals surface area contributed by atoms with Crippen molar-refractivity contribution in [3.63, 3.8) is 0 Å². The van der Waals surface area contributed by atoms with E-state index in [0.29, 0.717) is 11.5 Å². The van der Waals surface area contributed by atoms with Crippen LogP contribution in [0, 0.1) is 10.1 Å². The Morgan fingerprint density at radius 1 is 1.19 bits per heavy atom. The Bertz CT molecular complexity index is 913. The van der Waals surface area contributed by atoms with Crippen molar-refractivity contribution >= 4 is 23.2 Å². The van der Waals surface area contributed by atoms with Gasteiger partial charge in [0.25, 0.3) is 11.6 Å². The van der Waals surface area contributed by atoms with E-state index in [2.05, 4.69) is 4.98 Å². The fraction of sp³-hybridized carbons (Fsp3) is 0.111. The highest BCUT2D eigenvalue weighted by Gasteiger charge is 2.22. The third-order valence-electron chi connectivity index (χ3n) is 3.68. The average Bonchev–Trinajstić information content (AvgIpc) is 3.15. The molecule has 0 saturated heterocycles. The summed E-state index contributed by atoms with van der Waals surface area (Å²) in [6.07, 6.45) is 3.16. The topological polar surface area (TPSA) is 89.5 Å². The van der Waals surface area contributed by atoms with Crippen molar-refractivity contribution < 1.29 is 14.1 Å². The lowest BCUT2D eigenvalue weighted by Gasteiger charge is -2.21. The summed E-state index contributed by atoms with van der Waals surface area (Å²) in [6, 6.07) is 12.9. The van der Waals surface area contributed by atoms with Crippen LogP contribution in [0.1, 0.15) is 21.8 Å². The molecular formula is C18H14ClN3O4. The minimum atomic E-state index is -0.616. The van der Waals surface area contributed by atoms with Gasteiger partial charge in [-0.2, -0.15) is 0 Å². The van der Waals surface area contributed by atoms with Gasteiger partial charge < -0.3 is 9.32 Å². The van der Waals surface area contributed by atoms with Gasteiger partial charge in [-0.3, -0.25) is 19.9 Å². The van der Waals surface area contributed by atoms with E-state index in [1.54, 1.807) is 30.5 Å². The lowest BCUT2D eigenvalue weighted by atomic mass is 10.1. The molecule has 1 amide bonds. The zero-order chi connectivity index (χ0) is 18.5. The van der Waals surface area contributed by atoms with Crippen LogP contribution in [0.4, 0.5) is 5.69 Å². The van der Waals surface area contributed by atoms with E-state index in [9.17, 15) is 14.9 Å². The van der Waals surface area contributed by atoms with Gasteiger partial charge in [0.05, 0.1) is 30.0 Å². The second-order valence-corrected chi connectivity index (χ2v) is 5.89. The molecule has 0 N–H and O–H groups in total. The fourth-order valence-corrected chi connectivity index (χ4v) is 2.63. The molecule has 8 heteroatoms. The first kappa shape index (κ1) is 17.6. The highest BCUT2D eigenvalue weighted by atomic mass is 35.5. The first-order chi connectivity index (χ1) is 12.5. The van der Waals surface area contributed by atoms with E-state index in [1.165, 1.54) is 29.4 Å². The number of furan rings is 1. The normalized spacial score (nSPS) is 10.5. The van der Waals surface area contributed by atoms with Crippen LogP contribution in [0.25, 0.3) is 0 Å². The molecule has 0 spiro atoms. The smallest absolute Gasteiger partial charge is 0.288 e. The van der Waals surface area contributed by atoms with Crippen LogP contribution >= 0.6 is 11.6 Å². The summed E-state index contributed by atoms with van der Waals surface area (Å²) in [7, 11) is 0. The fourth-order valence-electron chi connectivity index (χ4n) is 2.45. The molecular weight excluding hydrogens is 358 g/mol. The van der Waals surface area contributed by atoms with Gasteiger partial charge in [0.1, 0.15) is 10.8 Å². The Labute approximate surface area is 154 Å². The van der Waals surface area contributed by atoms with Crippen molar-refractivity contribution in [2.45, 2.75) is 13.1 Å². The van der Waals surface area contributed by atoms with Gasteiger partial charge in [0.2, 0.25) is 0 Å². The Kier molecular flexibility index (Phi) is 5.28. The van der Waals surface area contributed by atoms with Crippen LogP contribution in [0.2, 0.25) is 5.02 Å². The molecule has 0 fully saturated rings. The number of benzene rings is 1. The van der Waals surface area contributed by atoms with E-state index in [0.717, 1.165) is 0 Å². The predicted octanol–water partition coefficient (Wildman–Crippen LogP) is 4.08. The Balaban J connectivity index is 1.91. The van der Waals surface area contributed by atoms with Crippen molar-refractivity contribution in [3.8, 4) is 0 Å². The monoisotopic (exact) mass is 371 g/mol. The Hall–Kier alpha value is -3.19. The third-order valence-corrected chi connectivity index (χ3v) is 4.00. The lowest BCUT2D eigenvalue weighted by Crippen LogP contribution is -2.30. The second-order valence-electron chi connectivity index (χ2n) is 5.48. The van der Waals surface area contributed by atoms with Crippen LogP contribution in [0.5, 0.6) is 0 Å². The number of nitro benzene ring substituents is 1. The highest BCUT2D eigenvalue weighted by molar-refractivity contribution is 6.32. The molecule has 2 aromatic heterocycles. The van der Waals surface area contributed by atoms with Crippen molar-refractivity contribution in [2.24, 2.45) is 0 Å². The number of nitrogens with zero attached hydrogens (tertiary/aromatic N) is 3. The average molecular weight is 372 g/mol. The summed E-state index contributed by atoms with van der Waals surface area (Å²) >= 11 is 5.83. The van der Waals surface area contributed by atoms with Crippen LogP contribution < -0.4 is 0 Å².